The molecule has 4 nitrogen and oxygen atoms in total. The lowest BCUT2D eigenvalue weighted by Gasteiger charge is -1.92. The van der Waals surface area contributed by atoms with Crippen molar-refractivity contribution in [2.75, 3.05) is 0 Å². The van der Waals surface area contributed by atoms with Gasteiger partial charge in [-0.25, -0.2) is 0 Å². The van der Waals surface area contributed by atoms with Gasteiger partial charge in [0.15, 0.2) is 0 Å². The predicted octanol–water partition coefficient (Wildman–Crippen LogP) is 0.319. The quantitative estimate of drug-likeness (QED) is 0.666. The second-order valence-electron chi connectivity index (χ2n) is 2.45. The lowest BCUT2D eigenvalue weighted by atomic mass is 10.1. The molecule has 0 bridgehead atoms. The summed E-state index contributed by atoms with van der Waals surface area (Å²) in [5.74, 6) is 0.306. The van der Waals surface area contributed by atoms with E-state index in [1.165, 1.54) is 0 Å². The van der Waals surface area contributed by atoms with Crippen molar-refractivity contribution in [1.29, 1.82) is 0 Å². The van der Waals surface area contributed by atoms with Crippen LogP contribution in [0.2, 0.25) is 0 Å². The summed E-state index contributed by atoms with van der Waals surface area (Å²) >= 11 is 0. The van der Waals surface area contributed by atoms with Gasteiger partial charge in [0.2, 0.25) is 5.91 Å². The summed E-state index contributed by atoms with van der Waals surface area (Å²) in [6.45, 7) is 3.55. The standard InChI is InChI=1S/C7H10N2O2/c1-4-6(3-7(8)10)5(2)11-9-4/h3H2,1-2H3,(H2,8,10). The molecule has 60 valence electrons. The molecule has 1 aromatic rings. The first-order valence-electron chi connectivity index (χ1n) is 3.31. The van der Waals surface area contributed by atoms with E-state index in [2.05, 4.69) is 5.16 Å². The van der Waals surface area contributed by atoms with Crippen molar-refractivity contribution in [3.8, 4) is 0 Å². The van der Waals surface area contributed by atoms with Crippen LogP contribution in [0.15, 0.2) is 4.52 Å². The smallest absolute Gasteiger partial charge is 0.222 e. The third kappa shape index (κ3) is 1.58. The Hall–Kier alpha value is -1.32. The van der Waals surface area contributed by atoms with E-state index in [-0.39, 0.29) is 12.3 Å². The van der Waals surface area contributed by atoms with Crippen molar-refractivity contribution in [1.82, 2.24) is 5.16 Å². The van der Waals surface area contributed by atoms with Crippen LogP contribution in [0.5, 0.6) is 0 Å². The van der Waals surface area contributed by atoms with Crippen molar-refractivity contribution in [3.63, 3.8) is 0 Å². The number of amides is 1. The highest BCUT2D eigenvalue weighted by atomic mass is 16.5. The first-order chi connectivity index (χ1) is 5.11. The summed E-state index contributed by atoms with van der Waals surface area (Å²) in [4.78, 5) is 10.5. The first kappa shape index (κ1) is 7.78. The molecule has 2 N–H and O–H groups in total. The van der Waals surface area contributed by atoms with E-state index in [1.807, 2.05) is 0 Å². The Balaban J connectivity index is 2.92. The maximum atomic E-state index is 10.5. The topological polar surface area (TPSA) is 69.1 Å². The van der Waals surface area contributed by atoms with Crippen LogP contribution in [0.4, 0.5) is 0 Å². The highest BCUT2D eigenvalue weighted by Crippen LogP contribution is 2.11. The van der Waals surface area contributed by atoms with E-state index >= 15 is 0 Å². The molecule has 4 heteroatoms. The Morgan fingerprint density at radius 2 is 2.27 bits per heavy atom. The van der Waals surface area contributed by atoms with Gasteiger partial charge in [0, 0.05) is 5.56 Å². The highest BCUT2D eigenvalue weighted by molar-refractivity contribution is 5.77. The van der Waals surface area contributed by atoms with Gasteiger partial charge in [-0.3, -0.25) is 4.79 Å². The van der Waals surface area contributed by atoms with E-state index in [4.69, 9.17) is 10.3 Å². The minimum Gasteiger partial charge on any atom is -0.369 e. The maximum absolute atomic E-state index is 10.5. The Morgan fingerprint density at radius 3 is 2.64 bits per heavy atom. The molecule has 0 fully saturated rings. The average molecular weight is 154 g/mol. The predicted molar refractivity (Wildman–Crippen MR) is 38.9 cm³/mol. The Labute approximate surface area is 64.4 Å². The van der Waals surface area contributed by atoms with Gasteiger partial charge < -0.3 is 10.3 Å². The van der Waals surface area contributed by atoms with Gasteiger partial charge in [0.1, 0.15) is 5.76 Å². The van der Waals surface area contributed by atoms with Crippen molar-refractivity contribution in [2.45, 2.75) is 20.3 Å². The monoisotopic (exact) mass is 154 g/mol. The molecule has 0 aliphatic rings. The summed E-state index contributed by atoms with van der Waals surface area (Å²) in [6.07, 6.45) is 0.209. The normalized spacial score (nSPS) is 10.0. The first-order valence-corrected chi connectivity index (χ1v) is 3.31. The van der Waals surface area contributed by atoms with Crippen molar-refractivity contribution >= 4 is 5.91 Å². The zero-order valence-electron chi connectivity index (χ0n) is 6.55. The number of nitrogens with two attached hydrogens (primary N) is 1. The largest absolute Gasteiger partial charge is 0.369 e. The van der Waals surface area contributed by atoms with Gasteiger partial charge in [0.05, 0.1) is 12.1 Å². The number of carbonyl (C=O) groups excluding carboxylic acids is 1. The summed E-state index contributed by atoms with van der Waals surface area (Å²) < 4.78 is 4.84. The van der Waals surface area contributed by atoms with E-state index < -0.39 is 0 Å². The van der Waals surface area contributed by atoms with Crippen molar-refractivity contribution in [2.24, 2.45) is 5.73 Å². The minimum absolute atomic E-state index is 0.209. The number of aryl methyl sites for hydroxylation is 2. The molecule has 0 spiro atoms. The minimum atomic E-state index is -0.362. The van der Waals surface area contributed by atoms with Crippen molar-refractivity contribution in [3.05, 3.63) is 17.0 Å². The zero-order valence-corrected chi connectivity index (χ0v) is 6.55. The molecule has 0 aliphatic carbocycles. The van der Waals surface area contributed by atoms with Gasteiger partial charge >= 0.3 is 0 Å². The second kappa shape index (κ2) is 2.74. The number of hydrogen-bond donors (Lipinski definition) is 1. The van der Waals surface area contributed by atoms with E-state index in [9.17, 15) is 4.79 Å². The zero-order chi connectivity index (χ0) is 8.43. The number of primary amides is 1. The fraction of sp³-hybridized carbons (Fsp3) is 0.429. The van der Waals surface area contributed by atoms with Crippen LogP contribution in [-0.4, -0.2) is 11.1 Å². The summed E-state index contributed by atoms with van der Waals surface area (Å²) in [5.41, 5.74) is 6.55. The molecule has 1 amide bonds. The summed E-state index contributed by atoms with van der Waals surface area (Å²) in [7, 11) is 0. The molecule has 0 aliphatic heterocycles. The molecule has 0 saturated carbocycles. The van der Waals surface area contributed by atoms with Crippen molar-refractivity contribution < 1.29 is 9.32 Å². The summed E-state index contributed by atoms with van der Waals surface area (Å²) in [6, 6.07) is 0. The molecule has 0 unspecified atom stereocenters. The third-order valence-electron chi connectivity index (χ3n) is 1.53. The average Bonchev–Trinajstić information content (AvgIpc) is 2.18. The van der Waals surface area contributed by atoms with Gasteiger partial charge in [-0.2, -0.15) is 0 Å². The molecule has 1 aromatic heterocycles. The molecular weight excluding hydrogens is 144 g/mol. The fourth-order valence-electron chi connectivity index (χ4n) is 0.928. The Bertz CT molecular complexity index is 258. The number of nitrogens with zero attached hydrogens (tertiary/aromatic N) is 1. The highest BCUT2D eigenvalue weighted by Gasteiger charge is 2.10. The molecule has 0 aromatic carbocycles. The van der Waals surface area contributed by atoms with E-state index in [0.29, 0.717) is 5.76 Å². The van der Waals surface area contributed by atoms with Crippen LogP contribution in [0.3, 0.4) is 0 Å². The lowest BCUT2D eigenvalue weighted by Crippen LogP contribution is -2.14. The third-order valence-corrected chi connectivity index (χ3v) is 1.53. The fourth-order valence-corrected chi connectivity index (χ4v) is 0.928. The number of hydrogen-bond acceptors (Lipinski definition) is 3. The van der Waals surface area contributed by atoms with Crippen LogP contribution in [0, 0.1) is 13.8 Å². The van der Waals surface area contributed by atoms with Crippen LogP contribution >= 0.6 is 0 Å². The second-order valence-corrected chi connectivity index (χ2v) is 2.45. The van der Waals surface area contributed by atoms with Crippen LogP contribution < -0.4 is 5.73 Å². The molecule has 0 saturated heterocycles. The lowest BCUT2D eigenvalue weighted by molar-refractivity contribution is -0.117. The van der Waals surface area contributed by atoms with Crippen LogP contribution in [0.1, 0.15) is 17.0 Å². The molecule has 0 radical (unpaired) electrons. The van der Waals surface area contributed by atoms with Gasteiger partial charge in [0.25, 0.3) is 0 Å². The van der Waals surface area contributed by atoms with Crippen LogP contribution in [-0.2, 0) is 11.2 Å². The molecule has 1 heterocycles. The maximum Gasteiger partial charge on any atom is 0.222 e. The van der Waals surface area contributed by atoms with E-state index in [0.717, 1.165) is 11.3 Å². The molecular formula is C7H10N2O2. The van der Waals surface area contributed by atoms with Crippen LogP contribution in [0.25, 0.3) is 0 Å². The van der Waals surface area contributed by atoms with Gasteiger partial charge in [-0.05, 0) is 13.8 Å². The number of rotatable bonds is 2. The molecule has 0 atom stereocenters. The SMILES string of the molecule is Cc1noc(C)c1CC(N)=O. The number of aromatic nitrogens is 1. The van der Waals surface area contributed by atoms with Gasteiger partial charge in [-0.1, -0.05) is 5.16 Å². The Morgan fingerprint density at radius 1 is 1.64 bits per heavy atom. The van der Waals surface area contributed by atoms with Gasteiger partial charge in [-0.15, -0.1) is 0 Å². The summed E-state index contributed by atoms with van der Waals surface area (Å²) in [5, 5.41) is 3.69. The number of carbonyl (C=O) groups is 1. The van der Waals surface area contributed by atoms with E-state index in [1.54, 1.807) is 13.8 Å². The molecule has 11 heavy (non-hydrogen) atoms. The molecule has 1 rings (SSSR count). The Kier molecular flexibility index (Phi) is 1.94.